The molecule has 7 heteroatoms. The summed E-state index contributed by atoms with van der Waals surface area (Å²) < 4.78 is 22.7. The molecule has 33 heavy (non-hydrogen) atoms. The summed E-state index contributed by atoms with van der Waals surface area (Å²) >= 11 is 0. The molecule has 0 bridgehead atoms. The molecule has 0 unspecified atom stereocenters. The summed E-state index contributed by atoms with van der Waals surface area (Å²) in [5, 5.41) is 0. The molecule has 1 aromatic rings. The third kappa shape index (κ3) is 6.42. The van der Waals surface area contributed by atoms with E-state index in [1.807, 2.05) is 45.9 Å². The Balaban J connectivity index is 1.74. The predicted molar refractivity (Wildman–Crippen MR) is 126 cm³/mol. The molecule has 2 aliphatic heterocycles. The van der Waals surface area contributed by atoms with E-state index in [0.717, 1.165) is 36.3 Å². The van der Waals surface area contributed by atoms with Crippen LogP contribution in [0.15, 0.2) is 24.3 Å². The first kappa shape index (κ1) is 24.9. The Morgan fingerprint density at radius 3 is 2.52 bits per heavy atom. The first-order chi connectivity index (χ1) is 15.7. The van der Waals surface area contributed by atoms with Gasteiger partial charge in [0.1, 0.15) is 22.7 Å². The number of methoxy groups -OCH3 is 1. The lowest BCUT2D eigenvalue weighted by Gasteiger charge is -2.43. The SMILES string of the molecule is CCOC(=O)CCCCC1=CC2(CCN(C(=O)OC(C)(C)C)CC2)Oc2cccc(OC)c21. The predicted octanol–water partition coefficient (Wildman–Crippen LogP) is 5.36. The van der Waals surface area contributed by atoms with Crippen molar-refractivity contribution < 1.29 is 28.5 Å². The fourth-order valence-electron chi connectivity index (χ4n) is 4.38. The number of piperidine rings is 1. The van der Waals surface area contributed by atoms with Gasteiger partial charge in [0, 0.05) is 32.4 Å². The third-order valence-electron chi connectivity index (χ3n) is 5.92. The van der Waals surface area contributed by atoms with Gasteiger partial charge in [-0.1, -0.05) is 6.07 Å². The van der Waals surface area contributed by atoms with E-state index in [1.165, 1.54) is 5.57 Å². The summed E-state index contributed by atoms with van der Waals surface area (Å²) in [6.45, 7) is 9.00. The Hall–Kier alpha value is -2.70. The molecule has 182 valence electrons. The molecule has 2 heterocycles. The van der Waals surface area contributed by atoms with Gasteiger partial charge in [-0.2, -0.15) is 0 Å². The molecule has 0 aromatic heterocycles. The molecule has 1 amide bonds. The van der Waals surface area contributed by atoms with Crippen molar-refractivity contribution in [2.45, 2.75) is 77.4 Å². The van der Waals surface area contributed by atoms with Gasteiger partial charge in [-0.15, -0.1) is 0 Å². The second kappa shape index (κ2) is 10.5. The summed E-state index contributed by atoms with van der Waals surface area (Å²) in [7, 11) is 1.66. The number of hydrogen-bond donors (Lipinski definition) is 0. The van der Waals surface area contributed by atoms with Crippen molar-refractivity contribution in [3.8, 4) is 11.5 Å². The number of carbonyl (C=O) groups is 2. The van der Waals surface area contributed by atoms with Crippen molar-refractivity contribution in [3.05, 3.63) is 29.8 Å². The third-order valence-corrected chi connectivity index (χ3v) is 5.92. The summed E-state index contributed by atoms with van der Waals surface area (Å²) in [6.07, 6.45) is 6.18. The molecule has 1 spiro atoms. The number of carbonyl (C=O) groups excluding carboxylic acids is 2. The second-order valence-electron chi connectivity index (χ2n) is 9.65. The van der Waals surface area contributed by atoms with Gasteiger partial charge in [-0.25, -0.2) is 4.79 Å². The van der Waals surface area contributed by atoms with E-state index >= 15 is 0 Å². The smallest absolute Gasteiger partial charge is 0.410 e. The van der Waals surface area contributed by atoms with Crippen molar-refractivity contribution in [2.75, 3.05) is 26.8 Å². The van der Waals surface area contributed by atoms with Crippen LogP contribution in [0.2, 0.25) is 0 Å². The van der Waals surface area contributed by atoms with E-state index in [4.69, 9.17) is 18.9 Å². The van der Waals surface area contributed by atoms with Gasteiger partial charge in [-0.3, -0.25) is 4.79 Å². The molecular weight excluding hydrogens is 422 g/mol. The lowest BCUT2D eigenvalue weighted by Crippen LogP contribution is -2.50. The molecule has 2 aliphatic rings. The number of hydrogen-bond acceptors (Lipinski definition) is 6. The number of unbranched alkanes of at least 4 members (excludes halogenated alkanes) is 1. The molecule has 3 rings (SSSR count). The molecule has 7 nitrogen and oxygen atoms in total. The van der Waals surface area contributed by atoms with E-state index in [1.54, 1.807) is 12.0 Å². The van der Waals surface area contributed by atoms with Crippen LogP contribution in [0.25, 0.3) is 5.57 Å². The van der Waals surface area contributed by atoms with Crippen molar-refractivity contribution in [2.24, 2.45) is 0 Å². The Kier molecular flexibility index (Phi) is 7.92. The quantitative estimate of drug-likeness (QED) is 0.403. The van der Waals surface area contributed by atoms with Crippen molar-refractivity contribution in [1.29, 1.82) is 0 Å². The topological polar surface area (TPSA) is 74.3 Å². The monoisotopic (exact) mass is 459 g/mol. The maximum absolute atomic E-state index is 12.5. The molecule has 0 N–H and O–H groups in total. The molecule has 0 saturated carbocycles. The van der Waals surface area contributed by atoms with Crippen LogP contribution in [0, 0.1) is 0 Å². The number of nitrogens with zero attached hydrogens (tertiary/aromatic N) is 1. The van der Waals surface area contributed by atoms with Gasteiger partial charge in [0.25, 0.3) is 0 Å². The van der Waals surface area contributed by atoms with E-state index in [2.05, 4.69) is 6.08 Å². The fraction of sp³-hybridized carbons (Fsp3) is 0.615. The van der Waals surface area contributed by atoms with Crippen LogP contribution in [0.1, 0.15) is 71.8 Å². The molecule has 0 aliphatic carbocycles. The van der Waals surface area contributed by atoms with E-state index in [-0.39, 0.29) is 12.1 Å². The average molecular weight is 460 g/mol. The highest BCUT2D eigenvalue weighted by Crippen LogP contribution is 2.46. The minimum Gasteiger partial charge on any atom is -0.496 e. The van der Waals surface area contributed by atoms with E-state index in [9.17, 15) is 9.59 Å². The van der Waals surface area contributed by atoms with Crippen LogP contribution < -0.4 is 9.47 Å². The van der Waals surface area contributed by atoms with Gasteiger partial charge in [-0.05, 0) is 70.7 Å². The minimum atomic E-state index is -0.514. The van der Waals surface area contributed by atoms with Gasteiger partial charge in [0.05, 0.1) is 19.3 Å². The number of esters is 1. The molecular formula is C26H37NO6. The number of likely N-dealkylation sites (tertiary alicyclic amines) is 1. The van der Waals surface area contributed by atoms with Crippen LogP contribution in [-0.4, -0.2) is 55.0 Å². The van der Waals surface area contributed by atoms with Crippen molar-refractivity contribution in [1.82, 2.24) is 4.90 Å². The van der Waals surface area contributed by atoms with Crippen LogP contribution >= 0.6 is 0 Å². The Labute approximate surface area is 197 Å². The molecule has 1 saturated heterocycles. The number of allylic oxidation sites excluding steroid dienone is 1. The highest BCUT2D eigenvalue weighted by atomic mass is 16.6. The van der Waals surface area contributed by atoms with Crippen LogP contribution in [0.4, 0.5) is 4.79 Å². The molecule has 0 radical (unpaired) electrons. The maximum atomic E-state index is 12.5. The summed E-state index contributed by atoms with van der Waals surface area (Å²) in [5.74, 6) is 1.44. The number of amides is 1. The average Bonchev–Trinajstić information content (AvgIpc) is 2.75. The second-order valence-corrected chi connectivity index (χ2v) is 9.65. The van der Waals surface area contributed by atoms with E-state index in [0.29, 0.717) is 39.0 Å². The number of ether oxygens (including phenoxy) is 4. The first-order valence-electron chi connectivity index (χ1n) is 11.9. The van der Waals surface area contributed by atoms with Crippen LogP contribution in [0.3, 0.4) is 0 Å². The first-order valence-corrected chi connectivity index (χ1v) is 11.9. The van der Waals surface area contributed by atoms with Crippen LogP contribution in [0.5, 0.6) is 11.5 Å². The molecule has 1 fully saturated rings. The zero-order valence-corrected chi connectivity index (χ0v) is 20.6. The normalized spacial score (nSPS) is 17.0. The van der Waals surface area contributed by atoms with Gasteiger partial charge < -0.3 is 23.8 Å². The lowest BCUT2D eigenvalue weighted by molar-refractivity contribution is -0.143. The zero-order valence-electron chi connectivity index (χ0n) is 20.6. The van der Waals surface area contributed by atoms with Crippen molar-refractivity contribution in [3.63, 3.8) is 0 Å². The number of fused-ring (bicyclic) bond motifs is 1. The zero-order chi connectivity index (χ0) is 24.1. The van der Waals surface area contributed by atoms with Gasteiger partial charge in [0.15, 0.2) is 0 Å². The van der Waals surface area contributed by atoms with E-state index < -0.39 is 11.2 Å². The minimum absolute atomic E-state index is 0.151. The van der Waals surface area contributed by atoms with Gasteiger partial charge >= 0.3 is 12.1 Å². The lowest BCUT2D eigenvalue weighted by atomic mass is 9.83. The Bertz CT molecular complexity index is 877. The number of benzene rings is 1. The number of rotatable bonds is 7. The summed E-state index contributed by atoms with van der Waals surface area (Å²) in [5.41, 5.74) is 1.17. The van der Waals surface area contributed by atoms with Crippen LogP contribution in [-0.2, 0) is 14.3 Å². The maximum Gasteiger partial charge on any atom is 0.410 e. The van der Waals surface area contributed by atoms with Gasteiger partial charge in [0.2, 0.25) is 0 Å². The largest absolute Gasteiger partial charge is 0.496 e. The highest BCUT2D eigenvalue weighted by molar-refractivity contribution is 5.78. The Morgan fingerprint density at radius 2 is 1.88 bits per heavy atom. The highest BCUT2D eigenvalue weighted by Gasteiger charge is 2.41. The summed E-state index contributed by atoms with van der Waals surface area (Å²) in [6, 6.07) is 5.86. The molecule has 0 atom stereocenters. The fourth-order valence-corrected chi connectivity index (χ4v) is 4.38. The summed E-state index contributed by atoms with van der Waals surface area (Å²) in [4.78, 5) is 25.9. The molecule has 1 aromatic carbocycles. The van der Waals surface area contributed by atoms with Crippen molar-refractivity contribution >= 4 is 17.6 Å². The standard InChI is InChI=1S/C26H37NO6/c1-6-31-22(28)13-8-7-10-19-18-26(32-21-12-9-11-20(30-5)23(19)21)14-16-27(17-15-26)24(29)33-25(2,3)4/h9,11-12,18H,6-8,10,13-17H2,1-5H3. The Morgan fingerprint density at radius 1 is 1.15 bits per heavy atom.